The third-order valence-electron chi connectivity index (χ3n) is 3.26. The van der Waals surface area contributed by atoms with E-state index in [1.807, 2.05) is 22.0 Å². The molecule has 0 aromatic carbocycles. The lowest BCUT2D eigenvalue weighted by atomic mass is 10.2. The van der Waals surface area contributed by atoms with E-state index < -0.39 is 6.17 Å². The normalized spacial score (nSPS) is 25.9. The minimum absolute atomic E-state index is 0.0265. The summed E-state index contributed by atoms with van der Waals surface area (Å²) in [5.41, 5.74) is 1.08. The van der Waals surface area contributed by atoms with Gasteiger partial charge in [0.25, 0.3) is 0 Å². The Balaban J connectivity index is 1.99. The zero-order valence-electron chi connectivity index (χ0n) is 10.4. The Morgan fingerprint density at radius 2 is 2.35 bits per heavy atom. The summed E-state index contributed by atoms with van der Waals surface area (Å²) in [7, 11) is 0. The van der Waals surface area contributed by atoms with Gasteiger partial charge in [0.1, 0.15) is 6.17 Å². The molecule has 0 bridgehead atoms. The first-order valence-electron chi connectivity index (χ1n) is 6.12. The van der Waals surface area contributed by atoms with Crippen LogP contribution in [0.3, 0.4) is 0 Å². The van der Waals surface area contributed by atoms with Crippen molar-refractivity contribution < 1.29 is 9.50 Å². The van der Waals surface area contributed by atoms with Crippen LogP contribution in [0.2, 0.25) is 0 Å². The van der Waals surface area contributed by atoms with Crippen LogP contribution in [-0.2, 0) is 6.54 Å². The largest absolute Gasteiger partial charge is 0.395 e. The fourth-order valence-electron chi connectivity index (χ4n) is 2.28. The lowest BCUT2D eigenvalue weighted by Gasteiger charge is -2.21. The van der Waals surface area contributed by atoms with Gasteiger partial charge in [0.05, 0.1) is 12.8 Å². The second kappa shape index (κ2) is 5.14. The molecule has 1 aromatic heterocycles. The van der Waals surface area contributed by atoms with Crippen molar-refractivity contribution in [3.63, 3.8) is 0 Å². The molecule has 17 heavy (non-hydrogen) atoms. The van der Waals surface area contributed by atoms with Crippen molar-refractivity contribution in [1.29, 1.82) is 0 Å². The molecule has 1 fully saturated rings. The number of rotatable bonds is 4. The van der Waals surface area contributed by atoms with Crippen LogP contribution in [0.1, 0.15) is 31.9 Å². The molecule has 1 aromatic rings. The summed E-state index contributed by atoms with van der Waals surface area (Å²) < 4.78 is 15.2. The summed E-state index contributed by atoms with van der Waals surface area (Å²) in [6.45, 7) is 5.25. The number of halogens is 1. The lowest BCUT2D eigenvalue weighted by molar-refractivity contribution is 0.153. The summed E-state index contributed by atoms with van der Waals surface area (Å²) in [5, 5.41) is 13.5. The minimum atomic E-state index is -0.813. The maximum Gasteiger partial charge on any atom is 0.114 e. The maximum atomic E-state index is 13.3. The standard InChI is InChI=1S/C12H20FN3O/c1-9(2)16-6-10(4-14-16)5-15-7-11(13)3-12(15)8-17/h4,6,9,11-12,17H,3,5,7-8H2,1-2H3/t11-,12-/m0/s1. The number of likely N-dealkylation sites (tertiary alicyclic amines) is 1. The number of aliphatic hydroxyl groups is 1. The van der Waals surface area contributed by atoms with Crippen LogP contribution in [0.5, 0.6) is 0 Å². The number of hydrogen-bond acceptors (Lipinski definition) is 3. The summed E-state index contributed by atoms with van der Waals surface area (Å²) in [6, 6.07) is 0.289. The van der Waals surface area contributed by atoms with Gasteiger partial charge in [0, 0.05) is 36.9 Å². The molecule has 4 nitrogen and oxygen atoms in total. The molecule has 5 heteroatoms. The van der Waals surface area contributed by atoms with Crippen molar-refractivity contribution in [1.82, 2.24) is 14.7 Å². The van der Waals surface area contributed by atoms with Crippen molar-refractivity contribution >= 4 is 0 Å². The molecule has 1 aliphatic heterocycles. The van der Waals surface area contributed by atoms with Crippen molar-refractivity contribution in [2.45, 2.75) is 45.1 Å². The minimum Gasteiger partial charge on any atom is -0.395 e. The third-order valence-corrected chi connectivity index (χ3v) is 3.26. The van der Waals surface area contributed by atoms with Gasteiger partial charge in [-0.05, 0) is 20.3 Å². The summed E-state index contributed by atoms with van der Waals surface area (Å²) in [6.07, 6.45) is 3.44. The molecule has 0 unspecified atom stereocenters. The van der Waals surface area contributed by atoms with Crippen LogP contribution in [-0.4, -0.2) is 45.2 Å². The van der Waals surface area contributed by atoms with Gasteiger partial charge in [0.15, 0.2) is 0 Å². The first kappa shape index (κ1) is 12.5. The quantitative estimate of drug-likeness (QED) is 0.865. The zero-order valence-corrected chi connectivity index (χ0v) is 10.4. The monoisotopic (exact) mass is 241 g/mol. The van der Waals surface area contributed by atoms with Crippen LogP contribution in [0, 0.1) is 0 Å². The first-order valence-corrected chi connectivity index (χ1v) is 6.12. The Labute approximate surface area is 101 Å². The Morgan fingerprint density at radius 1 is 1.59 bits per heavy atom. The first-order chi connectivity index (χ1) is 8.10. The predicted molar refractivity (Wildman–Crippen MR) is 63.4 cm³/mol. The fourth-order valence-corrected chi connectivity index (χ4v) is 2.28. The Kier molecular flexibility index (Phi) is 3.79. The predicted octanol–water partition coefficient (Wildman–Crippen LogP) is 1.37. The Hall–Kier alpha value is -0.940. The van der Waals surface area contributed by atoms with E-state index in [0.29, 0.717) is 25.6 Å². The molecule has 1 aliphatic rings. The zero-order chi connectivity index (χ0) is 12.4. The van der Waals surface area contributed by atoms with E-state index in [1.165, 1.54) is 0 Å². The third kappa shape index (κ3) is 2.84. The van der Waals surface area contributed by atoms with Crippen molar-refractivity contribution in [3.8, 4) is 0 Å². The van der Waals surface area contributed by atoms with Crippen LogP contribution in [0.25, 0.3) is 0 Å². The smallest absolute Gasteiger partial charge is 0.114 e. The highest BCUT2D eigenvalue weighted by Crippen LogP contribution is 2.22. The molecule has 0 radical (unpaired) electrons. The van der Waals surface area contributed by atoms with Gasteiger partial charge in [-0.2, -0.15) is 5.10 Å². The van der Waals surface area contributed by atoms with E-state index in [-0.39, 0.29) is 12.6 Å². The molecular weight excluding hydrogens is 221 g/mol. The van der Waals surface area contributed by atoms with E-state index in [4.69, 9.17) is 0 Å². The number of aliphatic hydroxyl groups excluding tert-OH is 1. The average Bonchev–Trinajstić information content (AvgIpc) is 2.86. The molecule has 0 spiro atoms. The highest BCUT2D eigenvalue weighted by molar-refractivity contribution is 5.05. The van der Waals surface area contributed by atoms with Crippen molar-refractivity contribution in [2.75, 3.05) is 13.2 Å². The van der Waals surface area contributed by atoms with E-state index >= 15 is 0 Å². The molecule has 0 amide bonds. The lowest BCUT2D eigenvalue weighted by Crippen LogP contribution is -2.31. The highest BCUT2D eigenvalue weighted by atomic mass is 19.1. The van der Waals surface area contributed by atoms with E-state index in [0.717, 1.165) is 5.56 Å². The molecule has 0 saturated carbocycles. The van der Waals surface area contributed by atoms with Gasteiger partial charge in [-0.3, -0.25) is 9.58 Å². The van der Waals surface area contributed by atoms with Gasteiger partial charge in [-0.25, -0.2) is 4.39 Å². The average molecular weight is 241 g/mol. The fraction of sp³-hybridized carbons (Fsp3) is 0.750. The highest BCUT2D eigenvalue weighted by Gasteiger charge is 2.31. The number of hydrogen-bond donors (Lipinski definition) is 1. The molecular formula is C12H20FN3O. The molecule has 96 valence electrons. The van der Waals surface area contributed by atoms with Crippen LogP contribution in [0.15, 0.2) is 12.4 Å². The second-order valence-electron chi connectivity index (χ2n) is 5.02. The van der Waals surface area contributed by atoms with Crippen LogP contribution in [0.4, 0.5) is 4.39 Å². The number of nitrogens with zero attached hydrogens (tertiary/aromatic N) is 3. The number of alkyl halides is 1. The van der Waals surface area contributed by atoms with Crippen LogP contribution >= 0.6 is 0 Å². The molecule has 2 heterocycles. The molecule has 2 rings (SSSR count). The van der Waals surface area contributed by atoms with Crippen molar-refractivity contribution in [3.05, 3.63) is 18.0 Å². The summed E-state index contributed by atoms with van der Waals surface area (Å²) >= 11 is 0. The maximum absolute atomic E-state index is 13.3. The molecule has 1 saturated heterocycles. The van der Waals surface area contributed by atoms with E-state index in [9.17, 15) is 9.50 Å². The van der Waals surface area contributed by atoms with Gasteiger partial charge in [-0.1, -0.05) is 0 Å². The van der Waals surface area contributed by atoms with Gasteiger partial charge in [-0.15, -0.1) is 0 Å². The van der Waals surface area contributed by atoms with Gasteiger partial charge < -0.3 is 5.11 Å². The molecule has 0 aliphatic carbocycles. The second-order valence-corrected chi connectivity index (χ2v) is 5.02. The molecule has 2 atom stereocenters. The van der Waals surface area contributed by atoms with E-state index in [2.05, 4.69) is 18.9 Å². The Bertz CT molecular complexity index is 366. The van der Waals surface area contributed by atoms with Crippen molar-refractivity contribution in [2.24, 2.45) is 0 Å². The number of aromatic nitrogens is 2. The van der Waals surface area contributed by atoms with E-state index in [1.54, 1.807) is 0 Å². The Morgan fingerprint density at radius 3 is 2.94 bits per heavy atom. The molecule has 1 N–H and O–H groups in total. The topological polar surface area (TPSA) is 41.3 Å². The summed E-state index contributed by atoms with van der Waals surface area (Å²) in [4.78, 5) is 1.99. The SMILES string of the molecule is CC(C)n1cc(CN2C[C@@H](F)C[C@H]2CO)cn1. The summed E-state index contributed by atoms with van der Waals surface area (Å²) in [5.74, 6) is 0. The van der Waals surface area contributed by atoms with Crippen LogP contribution < -0.4 is 0 Å². The van der Waals surface area contributed by atoms with Gasteiger partial charge in [0.2, 0.25) is 0 Å². The van der Waals surface area contributed by atoms with Gasteiger partial charge >= 0.3 is 0 Å².